The molecule has 1 aliphatic heterocycles. The number of benzene rings is 1. The van der Waals surface area contributed by atoms with Crippen LogP contribution in [0.15, 0.2) is 30.3 Å². The number of hydrogen-bond acceptors (Lipinski definition) is 3. The normalized spacial score (nSPS) is 27.2. The molecular formula is C17H28N2O. The zero-order valence-electron chi connectivity index (χ0n) is 13.2. The summed E-state index contributed by atoms with van der Waals surface area (Å²) < 4.78 is 5.81. The van der Waals surface area contributed by atoms with Crippen LogP contribution in [0.25, 0.3) is 0 Å². The highest BCUT2D eigenvalue weighted by Crippen LogP contribution is 2.23. The maximum Gasteiger partial charge on any atom is 0.0678 e. The Balaban J connectivity index is 1.97. The second-order valence-corrected chi connectivity index (χ2v) is 6.13. The number of nitrogens with one attached hydrogen (secondary N) is 1. The zero-order chi connectivity index (χ0) is 14.5. The summed E-state index contributed by atoms with van der Waals surface area (Å²) in [5, 5.41) is 3.47. The molecule has 0 spiro atoms. The van der Waals surface area contributed by atoms with Crippen LogP contribution in [0.2, 0.25) is 0 Å². The summed E-state index contributed by atoms with van der Waals surface area (Å²) in [5.74, 6) is 0.569. The fourth-order valence-corrected chi connectivity index (χ4v) is 3.39. The van der Waals surface area contributed by atoms with Crippen molar-refractivity contribution in [2.45, 2.75) is 39.0 Å². The Labute approximate surface area is 123 Å². The summed E-state index contributed by atoms with van der Waals surface area (Å²) in [5.41, 5.74) is 1.37. The maximum absolute atomic E-state index is 5.81. The van der Waals surface area contributed by atoms with Gasteiger partial charge in [0, 0.05) is 25.7 Å². The maximum atomic E-state index is 5.81. The summed E-state index contributed by atoms with van der Waals surface area (Å²) in [6.45, 7) is 9.86. The molecule has 0 radical (unpaired) electrons. The molecule has 1 saturated heterocycles. The Morgan fingerprint density at radius 2 is 1.80 bits per heavy atom. The van der Waals surface area contributed by atoms with Crippen molar-refractivity contribution in [2.75, 3.05) is 26.7 Å². The largest absolute Gasteiger partial charge is 0.373 e. The number of morpholine rings is 1. The van der Waals surface area contributed by atoms with Gasteiger partial charge < -0.3 is 10.1 Å². The lowest BCUT2D eigenvalue weighted by atomic mass is 9.94. The van der Waals surface area contributed by atoms with Gasteiger partial charge >= 0.3 is 0 Å². The predicted octanol–water partition coefficient (Wildman–Crippen LogP) is 2.69. The molecule has 1 heterocycles. The molecule has 20 heavy (non-hydrogen) atoms. The first-order chi connectivity index (χ1) is 9.60. The molecule has 112 valence electrons. The first kappa shape index (κ1) is 15.5. The molecule has 2 rings (SSSR count). The van der Waals surface area contributed by atoms with Crippen LogP contribution in [0.4, 0.5) is 0 Å². The van der Waals surface area contributed by atoms with Gasteiger partial charge in [-0.05, 0) is 32.4 Å². The monoisotopic (exact) mass is 276 g/mol. The van der Waals surface area contributed by atoms with Crippen LogP contribution in [0.3, 0.4) is 0 Å². The van der Waals surface area contributed by atoms with Crippen LogP contribution >= 0.6 is 0 Å². The highest BCUT2D eigenvalue weighted by Gasteiger charge is 2.26. The molecule has 2 unspecified atom stereocenters. The van der Waals surface area contributed by atoms with E-state index in [4.69, 9.17) is 4.74 Å². The number of rotatable bonds is 5. The SMILES string of the molecule is CNC(c1ccccc1)C(C)CN1C[C@@H](C)O[C@@H](C)C1. The van der Waals surface area contributed by atoms with Gasteiger partial charge in [-0.1, -0.05) is 37.3 Å². The van der Waals surface area contributed by atoms with E-state index in [1.807, 2.05) is 0 Å². The van der Waals surface area contributed by atoms with E-state index in [0.717, 1.165) is 19.6 Å². The standard InChI is InChI=1S/C17H28N2O/c1-13(10-19-11-14(2)20-15(3)12-19)17(18-4)16-8-6-5-7-9-16/h5-9,13-15,17-18H,10-12H2,1-4H3/t13?,14-,15+,17?. The number of nitrogens with zero attached hydrogens (tertiary/aromatic N) is 1. The Kier molecular flexibility index (Phi) is 5.58. The molecular weight excluding hydrogens is 248 g/mol. The van der Waals surface area contributed by atoms with Gasteiger partial charge in [0.05, 0.1) is 12.2 Å². The summed E-state index contributed by atoms with van der Waals surface area (Å²) in [4.78, 5) is 2.54. The Hall–Kier alpha value is -0.900. The van der Waals surface area contributed by atoms with Crippen molar-refractivity contribution in [1.82, 2.24) is 10.2 Å². The molecule has 0 aromatic heterocycles. The van der Waals surface area contributed by atoms with E-state index in [0.29, 0.717) is 24.2 Å². The predicted molar refractivity (Wildman–Crippen MR) is 83.9 cm³/mol. The molecule has 0 aliphatic carbocycles. The third-order valence-corrected chi connectivity index (χ3v) is 4.08. The Bertz CT molecular complexity index is 385. The van der Waals surface area contributed by atoms with E-state index in [2.05, 4.69) is 68.4 Å². The molecule has 3 nitrogen and oxygen atoms in total. The van der Waals surface area contributed by atoms with Crippen molar-refractivity contribution in [3.05, 3.63) is 35.9 Å². The summed E-state index contributed by atoms with van der Waals surface area (Å²) in [6, 6.07) is 11.1. The minimum atomic E-state index is 0.343. The van der Waals surface area contributed by atoms with Crippen LogP contribution in [0.1, 0.15) is 32.4 Å². The first-order valence-corrected chi connectivity index (χ1v) is 7.70. The summed E-state index contributed by atoms with van der Waals surface area (Å²) >= 11 is 0. The van der Waals surface area contributed by atoms with Crippen molar-refractivity contribution in [3.8, 4) is 0 Å². The molecule has 1 aliphatic rings. The molecule has 1 aromatic carbocycles. The van der Waals surface area contributed by atoms with Gasteiger partial charge in [-0.25, -0.2) is 0 Å². The van der Waals surface area contributed by atoms with Crippen molar-refractivity contribution in [1.29, 1.82) is 0 Å². The molecule has 4 atom stereocenters. The van der Waals surface area contributed by atoms with Crippen molar-refractivity contribution in [2.24, 2.45) is 5.92 Å². The fraction of sp³-hybridized carbons (Fsp3) is 0.647. The third-order valence-electron chi connectivity index (χ3n) is 4.08. The van der Waals surface area contributed by atoms with Gasteiger partial charge in [0.2, 0.25) is 0 Å². The average Bonchev–Trinajstić information content (AvgIpc) is 2.39. The van der Waals surface area contributed by atoms with Crippen molar-refractivity contribution < 1.29 is 4.74 Å². The molecule has 3 heteroatoms. The van der Waals surface area contributed by atoms with Crippen molar-refractivity contribution >= 4 is 0 Å². The summed E-state index contributed by atoms with van der Waals surface area (Å²) in [6.07, 6.45) is 0.687. The van der Waals surface area contributed by atoms with Crippen LogP contribution in [0, 0.1) is 5.92 Å². The van der Waals surface area contributed by atoms with Gasteiger partial charge in [0.15, 0.2) is 0 Å². The second-order valence-electron chi connectivity index (χ2n) is 6.13. The number of ether oxygens (including phenoxy) is 1. The molecule has 1 aromatic rings. The molecule has 0 saturated carbocycles. The Morgan fingerprint density at radius 3 is 2.35 bits per heavy atom. The topological polar surface area (TPSA) is 24.5 Å². The highest BCUT2D eigenvalue weighted by atomic mass is 16.5. The van der Waals surface area contributed by atoms with E-state index >= 15 is 0 Å². The second kappa shape index (κ2) is 7.21. The van der Waals surface area contributed by atoms with Gasteiger partial charge in [0.1, 0.15) is 0 Å². The minimum Gasteiger partial charge on any atom is -0.373 e. The number of hydrogen-bond donors (Lipinski definition) is 1. The quantitative estimate of drug-likeness (QED) is 0.895. The van der Waals surface area contributed by atoms with Gasteiger partial charge in [-0.2, -0.15) is 0 Å². The van der Waals surface area contributed by atoms with Crippen LogP contribution in [-0.4, -0.2) is 43.8 Å². The van der Waals surface area contributed by atoms with E-state index in [1.54, 1.807) is 0 Å². The lowest BCUT2D eigenvalue weighted by Gasteiger charge is -2.38. The highest BCUT2D eigenvalue weighted by molar-refractivity contribution is 5.19. The summed E-state index contributed by atoms with van der Waals surface area (Å²) in [7, 11) is 2.05. The average molecular weight is 276 g/mol. The molecule has 1 fully saturated rings. The minimum absolute atomic E-state index is 0.343. The van der Waals surface area contributed by atoms with Crippen LogP contribution in [-0.2, 0) is 4.74 Å². The van der Waals surface area contributed by atoms with Gasteiger partial charge in [0.25, 0.3) is 0 Å². The third kappa shape index (κ3) is 4.05. The van der Waals surface area contributed by atoms with E-state index in [-0.39, 0.29) is 0 Å². The van der Waals surface area contributed by atoms with E-state index in [1.165, 1.54) is 5.56 Å². The molecule has 0 amide bonds. The van der Waals surface area contributed by atoms with E-state index in [9.17, 15) is 0 Å². The first-order valence-electron chi connectivity index (χ1n) is 7.70. The smallest absolute Gasteiger partial charge is 0.0678 e. The lowest BCUT2D eigenvalue weighted by Crippen LogP contribution is -2.47. The van der Waals surface area contributed by atoms with Gasteiger partial charge in [-0.3, -0.25) is 4.90 Å². The molecule has 1 N–H and O–H groups in total. The van der Waals surface area contributed by atoms with Crippen molar-refractivity contribution in [3.63, 3.8) is 0 Å². The lowest BCUT2D eigenvalue weighted by molar-refractivity contribution is -0.0719. The van der Waals surface area contributed by atoms with Crippen LogP contribution < -0.4 is 5.32 Å². The zero-order valence-corrected chi connectivity index (χ0v) is 13.2. The fourth-order valence-electron chi connectivity index (χ4n) is 3.39. The van der Waals surface area contributed by atoms with Gasteiger partial charge in [-0.15, -0.1) is 0 Å². The van der Waals surface area contributed by atoms with Crippen LogP contribution in [0.5, 0.6) is 0 Å². The Morgan fingerprint density at radius 1 is 1.20 bits per heavy atom. The molecule has 0 bridgehead atoms. The van der Waals surface area contributed by atoms with E-state index < -0.39 is 0 Å².